The summed E-state index contributed by atoms with van der Waals surface area (Å²) in [6.07, 6.45) is 3.36. The van der Waals surface area contributed by atoms with Crippen molar-refractivity contribution in [2.24, 2.45) is 0 Å². The van der Waals surface area contributed by atoms with Gasteiger partial charge in [0.15, 0.2) is 0 Å². The number of aliphatic carboxylic acids is 1. The monoisotopic (exact) mass is 290 g/mol. The fourth-order valence-electron chi connectivity index (χ4n) is 2.95. The van der Waals surface area contributed by atoms with Gasteiger partial charge in [0.25, 0.3) is 0 Å². The van der Waals surface area contributed by atoms with Crippen LogP contribution in [0, 0.1) is 6.92 Å². The molecule has 0 heterocycles. The third-order valence-electron chi connectivity index (χ3n) is 4.12. The molecule has 1 aromatic carbocycles. The van der Waals surface area contributed by atoms with E-state index in [4.69, 9.17) is 5.11 Å². The lowest BCUT2D eigenvalue weighted by atomic mass is 9.93. The molecule has 1 aliphatic carbocycles. The Kier molecular flexibility index (Phi) is 4.50. The van der Waals surface area contributed by atoms with Gasteiger partial charge in [-0.15, -0.1) is 0 Å². The van der Waals surface area contributed by atoms with Crippen LogP contribution >= 0.6 is 0 Å². The Balaban J connectivity index is 2.10. The van der Waals surface area contributed by atoms with E-state index in [1.807, 2.05) is 31.2 Å². The quantitative estimate of drug-likeness (QED) is 0.895. The third kappa shape index (κ3) is 3.74. The molecule has 2 N–H and O–H groups in total. The average molecular weight is 290 g/mol. The predicted molar refractivity (Wildman–Crippen MR) is 81.6 cm³/mol. The van der Waals surface area contributed by atoms with Crippen LogP contribution in [0.1, 0.15) is 37.7 Å². The Bertz CT molecular complexity index is 536. The normalized spacial score (nSPS) is 16.5. The van der Waals surface area contributed by atoms with E-state index in [9.17, 15) is 9.59 Å². The van der Waals surface area contributed by atoms with E-state index < -0.39 is 11.5 Å². The van der Waals surface area contributed by atoms with Crippen LogP contribution in [-0.4, -0.2) is 29.7 Å². The van der Waals surface area contributed by atoms with Crippen molar-refractivity contribution in [2.75, 3.05) is 11.9 Å². The Morgan fingerprint density at radius 3 is 2.57 bits per heavy atom. The van der Waals surface area contributed by atoms with Gasteiger partial charge >= 0.3 is 12.0 Å². The summed E-state index contributed by atoms with van der Waals surface area (Å²) in [5.41, 5.74) is 1.28. The molecule has 0 aliphatic heterocycles. The molecule has 1 aromatic rings. The molecular formula is C16H22N2O3. The van der Waals surface area contributed by atoms with Gasteiger partial charge in [-0.2, -0.15) is 0 Å². The molecule has 0 atom stereocenters. The Morgan fingerprint density at radius 1 is 1.33 bits per heavy atom. The standard InChI is InChI=1S/C16H22N2O3/c1-12-6-5-7-13(10-12)18(2)15(21)17-16(11-14(19)20)8-3-4-9-16/h5-7,10H,3-4,8-9,11H2,1-2H3,(H,17,21)(H,19,20). The number of carbonyl (C=O) groups excluding carboxylic acids is 1. The molecular weight excluding hydrogens is 268 g/mol. The van der Waals surface area contributed by atoms with Crippen LogP contribution in [0.25, 0.3) is 0 Å². The van der Waals surface area contributed by atoms with Crippen molar-refractivity contribution in [1.82, 2.24) is 5.32 Å². The number of hydrogen-bond donors (Lipinski definition) is 2. The van der Waals surface area contributed by atoms with Crippen LogP contribution < -0.4 is 10.2 Å². The average Bonchev–Trinajstić information content (AvgIpc) is 2.85. The summed E-state index contributed by atoms with van der Waals surface area (Å²) in [5, 5.41) is 12.0. The molecule has 0 radical (unpaired) electrons. The van der Waals surface area contributed by atoms with Gasteiger partial charge in [-0.1, -0.05) is 25.0 Å². The highest BCUT2D eigenvalue weighted by molar-refractivity contribution is 5.92. The van der Waals surface area contributed by atoms with E-state index in [0.717, 1.165) is 36.9 Å². The summed E-state index contributed by atoms with van der Waals surface area (Å²) < 4.78 is 0. The molecule has 0 saturated heterocycles. The summed E-state index contributed by atoms with van der Waals surface area (Å²) in [4.78, 5) is 25.0. The van der Waals surface area contributed by atoms with Crippen LogP contribution in [0.15, 0.2) is 24.3 Å². The Morgan fingerprint density at radius 2 is 2.00 bits per heavy atom. The predicted octanol–water partition coefficient (Wildman–Crippen LogP) is 2.93. The van der Waals surface area contributed by atoms with Crippen molar-refractivity contribution in [3.05, 3.63) is 29.8 Å². The lowest BCUT2D eigenvalue weighted by Gasteiger charge is -2.31. The highest BCUT2D eigenvalue weighted by atomic mass is 16.4. The number of nitrogens with zero attached hydrogens (tertiary/aromatic N) is 1. The molecule has 0 unspecified atom stereocenters. The van der Waals surface area contributed by atoms with Crippen LogP contribution in [0.5, 0.6) is 0 Å². The van der Waals surface area contributed by atoms with Gasteiger partial charge in [0, 0.05) is 12.7 Å². The SMILES string of the molecule is Cc1cccc(N(C)C(=O)NC2(CC(=O)O)CCCC2)c1. The maximum absolute atomic E-state index is 12.4. The first-order valence-corrected chi connectivity index (χ1v) is 7.26. The summed E-state index contributed by atoms with van der Waals surface area (Å²) in [7, 11) is 1.70. The number of anilines is 1. The van der Waals surface area contributed by atoms with Gasteiger partial charge < -0.3 is 10.4 Å². The molecule has 5 heteroatoms. The fraction of sp³-hybridized carbons (Fsp3) is 0.500. The molecule has 2 amide bonds. The maximum atomic E-state index is 12.4. The van der Waals surface area contributed by atoms with E-state index in [0.29, 0.717) is 0 Å². The van der Waals surface area contributed by atoms with Gasteiger partial charge in [0.2, 0.25) is 0 Å². The summed E-state index contributed by atoms with van der Waals surface area (Å²) in [6.45, 7) is 1.97. The lowest BCUT2D eigenvalue weighted by molar-refractivity contribution is -0.138. The first-order valence-electron chi connectivity index (χ1n) is 7.26. The topological polar surface area (TPSA) is 69.6 Å². The molecule has 0 spiro atoms. The van der Waals surface area contributed by atoms with Crippen molar-refractivity contribution in [1.29, 1.82) is 0 Å². The zero-order valence-corrected chi connectivity index (χ0v) is 12.6. The molecule has 2 rings (SSSR count). The van der Waals surface area contributed by atoms with Gasteiger partial charge in [0.05, 0.1) is 12.0 Å². The third-order valence-corrected chi connectivity index (χ3v) is 4.12. The van der Waals surface area contributed by atoms with Crippen LogP contribution in [0.2, 0.25) is 0 Å². The number of carboxylic acid groups (broad SMARTS) is 1. The van der Waals surface area contributed by atoms with Crippen LogP contribution in [0.3, 0.4) is 0 Å². The number of rotatable bonds is 4. The van der Waals surface area contributed by atoms with Crippen molar-refractivity contribution in [2.45, 2.75) is 44.6 Å². The largest absolute Gasteiger partial charge is 0.481 e. The molecule has 0 aromatic heterocycles. The van der Waals surface area contributed by atoms with Crippen molar-refractivity contribution in [3.63, 3.8) is 0 Å². The fourth-order valence-corrected chi connectivity index (χ4v) is 2.95. The molecule has 1 aliphatic rings. The highest BCUT2D eigenvalue weighted by Gasteiger charge is 2.38. The van der Waals surface area contributed by atoms with Gasteiger partial charge in [-0.25, -0.2) is 4.79 Å². The van der Waals surface area contributed by atoms with Crippen LogP contribution in [0.4, 0.5) is 10.5 Å². The van der Waals surface area contributed by atoms with Gasteiger partial charge in [-0.3, -0.25) is 9.69 Å². The second kappa shape index (κ2) is 6.16. The van der Waals surface area contributed by atoms with Crippen molar-refractivity contribution >= 4 is 17.7 Å². The number of nitrogens with one attached hydrogen (secondary N) is 1. The van der Waals surface area contributed by atoms with Crippen molar-refractivity contribution in [3.8, 4) is 0 Å². The van der Waals surface area contributed by atoms with Crippen molar-refractivity contribution < 1.29 is 14.7 Å². The summed E-state index contributed by atoms with van der Waals surface area (Å²) in [6, 6.07) is 7.42. The zero-order chi connectivity index (χ0) is 15.5. The molecule has 21 heavy (non-hydrogen) atoms. The number of benzene rings is 1. The van der Waals surface area contributed by atoms with Gasteiger partial charge in [-0.05, 0) is 37.5 Å². The number of amides is 2. The lowest BCUT2D eigenvalue weighted by Crippen LogP contribution is -2.52. The molecule has 114 valence electrons. The second-order valence-electron chi connectivity index (χ2n) is 5.89. The first-order chi connectivity index (χ1) is 9.92. The summed E-state index contributed by atoms with van der Waals surface area (Å²) in [5.74, 6) is -0.865. The van der Waals surface area contributed by atoms with E-state index in [1.54, 1.807) is 7.05 Å². The Labute approximate surface area is 125 Å². The summed E-state index contributed by atoms with van der Waals surface area (Å²) >= 11 is 0. The zero-order valence-electron chi connectivity index (χ0n) is 12.6. The number of hydrogen-bond acceptors (Lipinski definition) is 2. The van der Waals surface area contributed by atoms with E-state index in [-0.39, 0.29) is 12.5 Å². The van der Waals surface area contributed by atoms with E-state index in [1.165, 1.54) is 4.90 Å². The minimum absolute atomic E-state index is 0.0135. The molecule has 1 saturated carbocycles. The first kappa shape index (κ1) is 15.4. The van der Waals surface area contributed by atoms with Gasteiger partial charge in [0.1, 0.15) is 0 Å². The molecule has 0 bridgehead atoms. The number of carboxylic acids is 1. The number of aryl methyl sites for hydroxylation is 1. The van der Waals surface area contributed by atoms with E-state index in [2.05, 4.69) is 5.32 Å². The van der Waals surface area contributed by atoms with Crippen LogP contribution in [-0.2, 0) is 4.79 Å². The maximum Gasteiger partial charge on any atom is 0.322 e. The second-order valence-corrected chi connectivity index (χ2v) is 5.89. The molecule has 5 nitrogen and oxygen atoms in total. The minimum Gasteiger partial charge on any atom is -0.481 e. The van der Waals surface area contributed by atoms with E-state index >= 15 is 0 Å². The highest BCUT2D eigenvalue weighted by Crippen LogP contribution is 2.33. The number of carbonyl (C=O) groups is 2. The molecule has 1 fully saturated rings. The minimum atomic E-state index is -0.865. The smallest absolute Gasteiger partial charge is 0.322 e. The Hall–Kier alpha value is -2.04. The number of urea groups is 1.